The van der Waals surface area contributed by atoms with Gasteiger partial charge in [-0.3, -0.25) is 0 Å². The molecular weight excluding hydrogens is 258 g/mol. The van der Waals surface area contributed by atoms with Crippen molar-refractivity contribution in [3.05, 3.63) is 17.7 Å². The van der Waals surface area contributed by atoms with Crippen LogP contribution < -0.4 is 19.5 Å². The molecule has 1 aliphatic heterocycles. The Morgan fingerprint density at radius 1 is 1.40 bits per heavy atom. The molecule has 0 aromatic heterocycles. The molecule has 2 aliphatic rings. The van der Waals surface area contributed by atoms with Gasteiger partial charge < -0.3 is 24.6 Å². The number of aliphatic hydroxyl groups excluding tert-OH is 1. The molecule has 1 fully saturated rings. The molecule has 1 saturated carbocycles. The van der Waals surface area contributed by atoms with Crippen LogP contribution in [0.25, 0.3) is 0 Å². The van der Waals surface area contributed by atoms with Crippen LogP contribution in [0.2, 0.25) is 0 Å². The minimum absolute atomic E-state index is 0.0690. The third-order valence-electron chi connectivity index (χ3n) is 4.49. The minimum atomic E-state index is -0.216. The van der Waals surface area contributed by atoms with Gasteiger partial charge in [-0.2, -0.15) is 0 Å². The van der Waals surface area contributed by atoms with Crippen molar-refractivity contribution in [2.24, 2.45) is 5.41 Å². The first kappa shape index (κ1) is 13.5. The normalized spacial score (nSPS) is 26.2. The van der Waals surface area contributed by atoms with Crippen molar-refractivity contribution in [3.8, 4) is 17.2 Å². The Balaban J connectivity index is 1.70. The zero-order valence-electron chi connectivity index (χ0n) is 12.1. The maximum Gasteiger partial charge on any atom is 0.231 e. The number of rotatable bonds is 4. The van der Waals surface area contributed by atoms with Crippen molar-refractivity contribution in [1.29, 1.82) is 0 Å². The highest BCUT2D eigenvalue weighted by Gasteiger charge is 2.46. The van der Waals surface area contributed by atoms with E-state index in [1.54, 1.807) is 7.11 Å². The van der Waals surface area contributed by atoms with Gasteiger partial charge >= 0.3 is 0 Å². The zero-order valence-corrected chi connectivity index (χ0v) is 12.1. The van der Waals surface area contributed by atoms with Crippen LogP contribution >= 0.6 is 0 Å². The van der Waals surface area contributed by atoms with E-state index in [4.69, 9.17) is 14.2 Å². The average molecular weight is 279 g/mol. The lowest BCUT2D eigenvalue weighted by Gasteiger charge is -2.49. The van der Waals surface area contributed by atoms with Gasteiger partial charge in [-0.15, -0.1) is 0 Å². The molecule has 0 amide bonds. The Hall–Kier alpha value is -1.46. The molecule has 1 aromatic rings. The second kappa shape index (κ2) is 4.82. The SMILES string of the molecule is COc1cc(CNC2CC(O)C2(C)C)cc2c1OCO2. The van der Waals surface area contributed by atoms with E-state index in [0.29, 0.717) is 24.1 Å². The van der Waals surface area contributed by atoms with Crippen molar-refractivity contribution >= 4 is 0 Å². The predicted octanol–water partition coefficient (Wildman–Crippen LogP) is 1.67. The Morgan fingerprint density at radius 3 is 2.85 bits per heavy atom. The van der Waals surface area contributed by atoms with Gasteiger partial charge in [0.2, 0.25) is 12.5 Å². The van der Waals surface area contributed by atoms with Gasteiger partial charge in [-0.05, 0) is 24.1 Å². The van der Waals surface area contributed by atoms with Gasteiger partial charge in [0.05, 0.1) is 13.2 Å². The fourth-order valence-corrected chi connectivity index (χ4v) is 2.78. The third kappa shape index (κ3) is 2.11. The molecular formula is C15H21NO4. The molecule has 2 atom stereocenters. The van der Waals surface area contributed by atoms with Gasteiger partial charge in [0, 0.05) is 18.0 Å². The molecule has 0 saturated heterocycles. The van der Waals surface area contributed by atoms with E-state index in [9.17, 15) is 5.11 Å². The standard InChI is InChI=1S/C15H21NO4/c1-15(2)12(6-13(15)17)16-7-9-4-10(18-3)14-11(5-9)19-8-20-14/h4-5,12-13,16-17H,6-8H2,1-3H3. The van der Waals surface area contributed by atoms with Gasteiger partial charge in [0.25, 0.3) is 0 Å². The number of aliphatic hydroxyl groups is 1. The summed E-state index contributed by atoms with van der Waals surface area (Å²) in [6.07, 6.45) is 0.584. The van der Waals surface area contributed by atoms with E-state index < -0.39 is 0 Å². The number of methoxy groups -OCH3 is 1. The van der Waals surface area contributed by atoms with Gasteiger partial charge in [-0.25, -0.2) is 0 Å². The fourth-order valence-electron chi connectivity index (χ4n) is 2.78. The minimum Gasteiger partial charge on any atom is -0.493 e. The van der Waals surface area contributed by atoms with Gasteiger partial charge in [-0.1, -0.05) is 13.8 Å². The highest BCUT2D eigenvalue weighted by Crippen LogP contribution is 2.43. The summed E-state index contributed by atoms with van der Waals surface area (Å²) in [6, 6.07) is 4.26. The summed E-state index contributed by atoms with van der Waals surface area (Å²) in [5.41, 5.74) is 1.02. The molecule has 110 valence electrons. The molecule has 0 radical (unpaired) electrons. The van der Waals surface area contributed by atoms with E-state index in [1.807, 2.05) is 12.1 Å². The lowest BCUT2D eigenvalue weighted by atomic mass is 9.64. The second-order valence-electron chi connectivity index (χ2n) is 6.04. The van der Waals surface area contributed by atoms with Crippen LogP contribution in [0.15, 0.2) is 12.1 Å². The molecule has 1 aromatic carbocycles. The van der Waals surface area contributed by atoms with Crippen LogP contribution in [0.5, 0.6) is 17.2 Å². The van der Waals surface area contributed by atoms with Crippen LogP contribution in [0.3, 0.4) is 0 Å². The number of nitrogens with one attached hydrogen (secondary N) is 1. The molecule has 5 heteroatoms. The first-order valence-corrected chi connectivity index (χ1v) is 6.90. The maximum absolute atomic E-state index is 9.76. The lowest BCUT2D eigenvalue weighted by Crippen LogP contribution is -2.59. The van der Waals surface area contributed by atoms with E-state index in [1.165, 1.54) is 0 Å². The summed E-state index contributed by atoms with van der Waals surface area (Å²) in [5.74, 6) is 2.11. The summed E-state index contributed by atoms with van der Waals surface area (Å²) in [6.45, 7) is 5.12. The van der Waals surface area contributed by atoms with Crippen molar-refractivity contribution < 1.29 is 19.3 Å². The molecule has 20 heavy (non-hydrogen) atoms. The monoisotopic (exact) mass is 279 g/mol. The maximum atomic E-state index is 9.76. The quantitative estimate of drug-likeness (QED) is 0.878. The molecule has 0 spiro atoms. The molecule has 2 unspecified atom stereocenters. The Kier molecular flexibility index (Phi) is 3.26. The van der Waals surface area contributed by atoms with Crippen molar-refractivity contribution in [1.82, 2.24) is 5.32 Å². The lowest BCUT2D eigenvalue weighted by molar-refractivity contribution is -0.0729. The van der Waals surface area contributed by atoms with E-state index in [0.717, 1.165) is 17.7 Å². The Morgan fingerprint density at radius 2 is 2.20 bits per heavy atom. The zero-order chi connectivity index (χ0) is 14.3. The van der Waals surface area contributed by atoms with Crippen LogP contribution in [-0.2, 0) is 6.54 Å². The molecule has 1 heterocycles. The van der Waals surface area contributed by atoms with Gasteiger partial charge in [0.15, 0.2) is 11.5 Å². The summed E-state index contributed by atoms with van der Waals surface area (Å²) in [5, 5.41) is 13.2. The van der Waals surface area contributed by atoms with E-state index >= 15 is 0 Å². The largest absolute Gasteiger partial charge is 0.493 e. The molecule has 5 nitrogen and oxygen atoms in total. The highest BCUT2D eigenvalue weighted by atomic mass is 16.7. The number of benzene rings is 1. The smallest absolute Gasteiger partial charge is 0.231 e. The number of hydrogen-bond donors (Lipinski definition) is 2. The number of fused-ring (bicyclic) bond motifs is 1. The Labute approximate surface area is 118 Å². The van der Waals surface area contributed by atoms with Crippen molar-refractivity contribution in [3.63, 3.8) is 0 Å². The van der Waals surface area contributed by atoms with Gasteiger partial charge in [0.1, 0.15) is 0 Å². The van der Waals surface area contributed by atoms with Crippen molar-refractivity contribution in [2.75, 3.05) is 13.9 Å². The summed E-state index contributed by atoms with van der Waals surface area (Å²) in [7, 11) is 1.62. The molecule has 1 aliphatic carbocycles. The predicted molar refractivity (Wildman–Crippen MR) is 74.1 cm³/mol. The molecule has 2 N–H and O–H groups in total. The number of ether oxygens (including phenoxy) is 3. The van der Waals surface area contributed by atoms with Crippen LogP contribution in [-0.4, -0.2) is 31.2 Å². The van der Waals surface area contributed by atoms with E-state index in [2.05, 4.69) is 19.2 Å². The highest BCUT2D eigenvalue weighted by molar-refractivity contribution is 5.55. The topological polar surface area (TPSA) is 60.0 Å². The van der Waals surface area contributed by atoms with Crippen LogP contribution in [0.1, 0.15) is 25.8 Å². The van der Waals surface area contributed by atoms with Crippen LogP contribution in [0.4, 0.5) is 0 Å². The number of hydrogen-bond acceptors (Lipinski definition) is 5. The first-order valence-electron chi connectivity index (χ1n) is 6.90. The Bertz CT molecular complexity index is 515. The summed E-state index contributed by atoms with van der Waals surface area (Å²) >= 11 is 0. The third-order valence-corrected chi connectivity index (χ3v) is 4.49. The van der Waals surface area contributed by atoms with E-state index in [-0.39, 0.29) is 18.3 Å². The average Bonchev–Trinajstić information content (AvgIpc) is 2.90. The van der Waals surface area contributed by atoms with Crippen molar-refractivity contribution in [2.45, 2.75) is 39.0 Å². The summed E-state index contributed by atoms with van der Waals surface area (Å²) in [4.78, 5) is 0. The molecule has 3 rings (SSSR count). The second-order valence-corrected chi connectivity index (χ2v) is 6.04. The fraction of sp³-hybridized carbons (Fsp3) is 0.600. The van der Waals surface area contributed by atoms with Crippen LogP contribution in [0, 0.1) is 5.41 Å². The summed E-state index contributed by atoms with van der Waals surface area (Å²) < 4.78 is 16.1. The molecule has 0 bridgehead atoms. The first-order chi connectivity index (χ1) is 9.52.